The highest BCUT2D eigenvalue weighted by molar-refractivity contribution is 6.24. The first kappa shape index (κ1) is 8.97. The molecule has 0 saturated heterocycles. The van der Waals surface area contributed by atoms with Crippen molar-refractivity contribution in [2.75, 3.05) is 6.67 Å². The number of hydrogen-bond acceptors (Lipinski definition) is 1. The van der Waals surface area contributed by atoms with E-state index in [4.69, 9.17) is 0 Å². The maximum Gasteiger partial charge on any atom is 0.223 e. The minimum atomic E-state index is -2.10. The van der Waals surface area contributed by atoms with Crippen LogP contribution < -0.4 is 0 Å². The molecule has 2 unspecified atom stereocenters. The van der Waals surface area contributed by atoms with Crippen LogP contribution >= 0.6 is 0 Å². The van der Waals surface area contributed by atoms with Gasteiger partial charge in [0.1, 0.15) is 6.67 Å². The van der Waals surface area contributed by atoms with Crippen LogP contribution in [-0.4, -0.2) is 29.0 Å². The van der Waals surface area contributed by atoms with E-state index in [2.05, 4.69) is 4.43 Å². The van der Waals surface area contributed by atoms with Crippen molar-refractivity contribution in [3.05, 3.63) is 0 Å². The topological polar surface area (TPSA) is 9.23 Å². The van der Waals surface area contributed by atoms with Crippen molar-refractivity contribution >= 4 is 9.76 Å². The van der Waals surface area contributed by atoms with Gasteiger partial charge in [0, 0.05) is 0 Å². The molecule has 9 heavy (non-hydrogen) atoms. The van der Waals surface area contributed by atoms with E-state index in [1.807, 2.05) is 0 Å². The third-order valence-corrected chi connectivity index (χ3v) is 1.41. The van der Waals surface area contributed by atoms with Gasteiger partial charge in [0.05, 0.1) is 0 Å². The molecule has 0 aromatic heterocycles. The Labute approximate surface area is 54.1 Å². The molecule has 0 N–H and O–H groups in total. The molecule has 0 aliphatic heterocycles. The summed E-state index contributed by atoms with van der Waals surface area (Å²) in [6.07, 6.45) is -4.15. The zero-order valence-corrected chi connectivity index (χ0v) is 6.53. The molecule has 0 saturated carbocycles. The standard InChI is InChI=1S/C4H9F3OSi/c1-9-8-4(7)3(6)2-5/h3-4H,2,9H2,1H3. The Morgan fingerprint density at radius 1 is 1.56 bits per heavy atom. The molecule has 0 amide bonds. The van der Waals surface area contributed by atoms with Crippen LogP contribution in [0, 0.1) is 0 Å². The lowest BCUT2D eigenvalue weighted by Gasteiger charge is -2.09. The zero-order valence-electron chi connectivity index (χ0n) is 5.11. The first-order chi connectivity index (χ1) is 4.22. The SMILES string of the molecule is C[SiH2]OC(F)C(F)CF. The molecular formula is C4H9F3OSi. The maximum atomic E-state index is 12.0. The van der Waals surface area contributed by atoms with Crippen LogP contribution in [0.3, 0.4) is 0 Å². The fourth-order valence-corrected chi connectivity index (χ4v) is 0.861. The third-order valence-electron chi connectivity index (χ3n) is 0.758. The molecule has 5 heteroatoms. The Morgan fingerprint density at radius 2 is 2.11 bits per heavy atom. The Balaban J connectivity index is 3.32. The highest BCUT2D eigenvalue weighted by Gasteiger charge is 2.18. The molecule has 1 nitrogen and oxygen atoms in total. The number of alkyl halides is 3. The summed E-state index contributed by atoms with van der Waals surface area (Å²) in [7, 11) is -0.967. The molecule has 0 aliphatic rings. The van der Waals surface area contributed by atoms with Crippen molar-refractivity contribution in [2.45, 2.75) is 19.1 Å². The fraction of sp³-hybridized carbons (Fsp3) is 1.00. The molecule has 0 bridgehead atoms. The monoisotopic (exact) mass is 158 g/mol. The van der Waals surface area contributed by atoms with E-state index in [1.165, 1.54) is 0 Å². The van der Waals surface area contributed by atoms with Crippen molar-refractivity contribution in [3.8, 4) is 0 Å². The first-order valence-electron chi connectivity index (χ1n) is 2.68. The van der Waals surface area contributed by atoms with E-state index in [1.54, 1.807) is 6.55 Å². The summed E-state index contributed by atoms with van der Waals surface area (Å²) in [5, 5.41) is 0. The predicted molar refractivity (Wildman–Crippen MR) is 31.3 cm³/mol. The largest absolute Gasteiger partial charge is 0.394 e. The minimum absolute atomic E-state index is 0.967. The van der Waals surface area contributed by atoms with E-state index in [9.17, 15) is 13.2 Å². The van der Waals surface area contributed by atoms with Gasteiger partial charge in [-0.05, 0) is 0 Å². The quantitative estimate of drug-likeness (QED) is 0.548. The van der Waals surface area contributed by atoms with Crippen LogP contribution in [0.15, 0.2) is 0 Å². The minimum Gasteiger partial charge on any atom is -0.394 e. The summed E-state index contributed by atoms with van der Waals surface area (Å²) in [6, 6.07) is 0. The molecule has 0 aromatic carbocycles. The summed E-state index contributed by atoms with van der Waals surface area (Å²) in [5.74, 6) is 0. The van der Waals surface area contributed by atoms with Crippen LogP contribution in [0.5, 0.6) is 0 Å². The van der Waals surface area contributed by atoms with Gasteiger partial charge in [-0.2, -0.15) is 0 Å². The Hall–Kier alpha value is -0.0331. The van der Waals surface area contributed by atoms with Gasteiger partial charge in [0.2, 0.25) is 6.36 Å². The molecule has 0 rings (SSSR count). The molecule has 0 radical (unpaired) electrons. The molecular weight excluding hydrogens is 149 g/mol. The second-order valence-electron chi connectivity index (χ2n) is 1.48. The lowest BCUT2D eigenvalue weighted by molar-refractivity contribution is -0.0125. The lowest BCUT2D eigenvalue weighted by atomic mass is 10.4. The summed E-state index contributed by atoms with van der Waals surface area (Å²) in [5.41, 5.74) is 0. The van der Waals surface area contributed by atoms with Gasteiger partial charge in [-0.25, -0.2) is 13.2 Å². The smallest absolute Gasteiger partial charge is 0.223 e. The summed E-state index contributed by atoms with van der Waals surface area (Å²) >= 11 is 0. The average molecular weight is 158 g/mol. The maximum absolute atomic E-state index is 12.0. The van der Waals surface area contributed by atoms with Crippen molar-refractivity contribution in [3.63, 3.8) is 0 Å². The Bertz CT molecular complexity index is 72.8. The summed E-state index contributed by atoms with van der Waals surface area (Å²) in [6.45, 7) is 0.340. The fourth-order valence-electron chi connectivity index (χ4n) is 0.334. The van der Waals surface area contributed by atoms with Gasteiger partial charge < -0.3 is 4.43 Å². The molecule has 0 fully saturated rings. The van der Waals surface area contributed by atoms with Crippen molar-refractivity contribution in [1.82, 2.24) is 0 Å². The summed E-state index contributed by atoms with van der Waals surface area (Å²) < 4.78 is 39.4. The van der Waals surface area contributed by atoms with Crippen LogP contribution in [0.1, 0.15) is 0 Å². The van der Waals surface area contributed by atoms with Gasteiger partial charge in [0.25, 0.3) is 0 Å². The van der Waals surface area contributed by atoms with Crippen molar-refractivity contribution in [2.24, 2.45) is 0 Å². The Kier molecular flexibility index (Phi) is 4.79. The normalized spacial score (nSPS) is 18.7. The van der Waals surface area contributed by atoms with Crippen LogP contribution in [0.4, 0.5) is 13.2 Å². The third kappa shape index (κ3) is 3.53. The second-order valence-corrected chi connectivity index (χ2v) is 2.39. The van der Waals surface area contributed by atoms with Crippen LogP contribution in [0.25, 0.3) is 0 Å². The van der Waals surface area contributed by atoms with Gasteiger partial charge in [-0.1, -0.05) is 6.55 Å². The number of hydrogen-bond donors (Lipinski definition) is 0. The highest BCUT2D eigenvalue weighted by Crippen LogP contribution is 2.04. The lowest BCUT2D eigenvalue weighted by Crippen LogP contribution is -2.23. The van der Waals surface area contributed by atoms with Gasteiger partial charge >= 0.3 is 0 Å². The second kappa shape index (κ2) is 4.81. The van der Waals surface area contributed by atoms with Gasteiger partial charge in [-0.3, -0.25) is 0 Å². The highest BCUT2D eigenvalue weighted by atomic mass is 28.2. The number of halogens is 3. The Morgan fingerprint density at radius 3 is 2.44 bits per heavy atom. The molecule has 2 atom stereocenters. The molecule has 56 valence electrons. The zero-order chi connectivity index (χ0) is 7.28. The van der Waals surface area contributed by atoms with Gasteiger partial charge in [0.15, 0.2) is 15.9 Å². The molecule has 0 spiro atoms. The van der Waals surface area contributed by atoms with E-state index >= 15 is 0 Å². The van der Waals surface area contributed by atoms with E-state index in [0.717, 1.165) is 0 Å². The molecule has 0 aromatic rings. The number of rotatable bonds is 4. The van der Waals surface area contributed by atoms with E-state index in [0.29, 0.717) is 0 Å². The van der Waals surface area contributed by atoms with Crippen molar-refractivity contribution < 1.29 is 17.6 Å². The predicted octanol–water partition coefficient (Wildman–Crippen LogP) is 0.738. The van der Waals surface area contributed by atoms with Crippen molar-refractivity contribution in [1.29, 1.82) is 0 Å². The summed E-state index contributed by atoms with van der Waals surface area (Å²) in [4.78, 5) is 0. The van der Waals surface area contributed by atoms with Crippen LogP contribution in [0.2, 0.25) is 6.55 Å². The van der Waals surface area contributed by atoms with E-state index < -0.39 is 29.0 Å². The van der Waals surface area contributed by atoms with Gasteiger partial charge in [-0.15, -0.1) is 0 Å². The average Bonchev–Trinajstić information content (AvgIpc) is 1.87. The van der Waals surface area contributed by atoms with Crippen LogP contribution in [-0.2, 0) is 4.43 Å². The van der Waals surface area contributed by atoms with E-state index in [-0.39, 0.29) is 0 Å². The first-order valence-corrected chi connectivity index (χ1v) is 4.67. The molecule has 0 aliphatic carbocycles. The molecule has 0 heterocycles.